The van der Waals surface area contributed by atoms with Gasteiger partial charge in [-0.3, -0.25) is 9.78 Å². The second kappa shape index (κ2) is 5.27. The molecule has 5 heteroatoms. The van der Waals surface area contributed by atoms with Gasteiger partial charge in [0.1, 0.15) is 0 Å². The Kier molecular flexibility index (Phi) is 3.94. The fourth-order valence-corrected chi connectivity index (χ4v) is 3.35. The summed E-state index contributed by atoms with van der Waals surface area (Å²) in [5.74, 6) is 1.06. The van der Waals surface area contributed by atoms with E-state index in [1.807, 2.05) is 11.8 Å². The zero-order valence-corrected chi connectivity index (χ0v) is 11.3. The van der Waals surface area contributed by atoms with E-state index in [0.29, 0.717) is 17.1 Å². The number of pyridine rings is 1. The molecule has 1 saturated heterocycles. The first-order chi connectivity index (χ1) is 8.11. The summed E-state index contributed by atoms with van der Waals surface area (Å²) < 4.78 is 0.176. The van der Waals surface area contributed by atoms with E-state index in [9.17, 15) is 4.79 Å². The molecule has 0 bridgehead atoms. The summed E-state index contributed by atoms with van der Waals surface area (Å²) in [5.41, 5.74) is 0.494. The van der Waals surface area contributed by atoms with Gasteiger partial charge in [0, 0.05) is 23.7 Å². The Hall–Kier alpha value is -0.740. The minimum Gasteiger partial charge on any atom is -0.351 e. The summed E-state index contributed by atoms with van der Waals surface area (Å²) in [5, 5.41) is 3.35. The summed E-state index contributed by atoms with van der Waals surface area (Å²) in [6, 6.07) is 1.64. The maximum Gasteiger partial charge on any atom is 0.252 e. The third-order valence-corrected chi connectivity index (χ3v) is 4.78. The number of hydrogen-bond donors (Lipinski definition) is 1. The molecule has 0 spiro atoms. The Morgan fingerprint density at radius 2 is 2.53 bits per heavy atom. The highest BCUT2D eigenvalue weighted by molar-refractivity contribution is 8.00. The van der Waals surface area contributed by atoms with Crippen molar-refractivity contribution in [3.8, 4) is 0 Å². The Balaban J connectivity index is 1.96. The lowest BCUT2D eigenvalue weighted by molar-refractivity contribution is 0.0950. The monoisotopic (exact) mass is 270 g/mol. The third kappa shape index (κ3) is 3.13. The molecule has 1 atom stereocenters. The van der Waals surface area contributed by atoms with Gasteiger partial charge in [-0.1, -0.05) is 11.6 Å². The molecule has 92 valence electrons. The van der Waals surface area contributed by atoms with E-state index in [1.54, 1.807) is 12.3 Å². The first-order valence-corrected chi connectivity index (χ1v) is 6.99. The second-order valence-corrected chi connectivity index (χ2v) is 6.53. The fraction of sp³-hybridized carbons (Fsp3) is 0.500. The molecule has 2 rings (SSSR count). The normalized spacial score (nSPS) is 23.6. The molecule has 1 aliphatic rings. The van der Waals surface area contributed by atoms with Crippen LogP contribution in [0, 0.1) is 0 Å². The van der Waals surface area contributed by atoms with E-state index in [1.165, 1.54) is 18.4 Å². The second-order valence-electron chi connectivity index (χ2n) is 4.44. The number of carbonyl (C=O) groups is 1. The van der Waals surface area contributed by atoms with Gasteiger partial charge in [0.05, 0.1) is 10.6 Å². The molecule has 17 heavy (non-hydrogen) atoms. The average molecular weight is 271 g/mol. The molecule has 0 radical (unpaired) electrons. The number of carbonyl (C=O) groups excluding carboxylic acids is 1. The number of amides is 1. The lowest BCUT2D eigenvalue weighted by atomic mass is 10.1. The molecular formula is C12H15ClN2OS. The maximum absolute atomic E-state index is 11.9. The number of thioether (sulfide) groups is 1. The van der Waals surface area contributed by atoms with Crippen molar-refractivity contribution in [3.63, 3.8) is 0 Å². The summed E-state index contributed by atoms with van der Waals surface area (Å²) in [4.78, 5) is 15.8. The summed E-state index contributed by atoms with van der Waals surface area (Å²) in [6.45, 7) is 2.88. The number of nitrogens with one attached hydrogen (secondary N) is 1. The van der Waals surface area contributed by atoms with E-state index >= 15 is 0 Å². The molecule has 2 heterocycles. The van der Waals surface area contributed by atoms with Crippen LogP contribution in [0.5, 0.6) is 0 Å². The maximum atomic E-state index is 11.9. The van der Waals surface area contributed by atoms with Gasteiger partial charge in [0.2, 0.25) is 0 Å². The van der Waals surface area contributed by atoms with Crippen LogP contribution in [0.25, 0.3) is 0 Å². The predicted molar refractivity (Wildman–Crippen MR) is 71.7 cm³/mol. The zero-order valence-electron chi connectivity index (χ0n) is 9.70. The molecule has 1 unspecified atom stereocenters. The zero-order chi connectivity index (χ0) is 12.3. The number of nitrogens with zero attached hydrogens (tertiary/aromatic N) is 1. The van der Waals surface area contributed by atoms with Crippen LogP contribution in [0.2, 0.25) is 5.02 Å². The SMILES string of the molecule is CC1(CNC(=O)c2ccncc2Cl)CCCS1. The van der Waals surface area contributed by atoms with Gasteiger partial charge in [-0.2, -0.15) is 11.8 Å². The highest BCUT2D eigenvalue weighted by Crippen LogP contribution is 2.37. The fourth-order valence-electron chi connectivity index (χ4n) is 1.90. The van der Waals surface area contributed by atoms with Crippen LogP contribution in [-0.4, -0.2) is 27.9 Å². The van der Waals surface area contributed by atoms with Crippen molar-refractivity contribution in [2.24, 2.45) is 0 Å². The Bertz CT molecular complexity index is 419. The van der Waals surface area contributed by atoms with Crippen molar-refractivity contribution in [2.45, 2.75) is 24.5 Å². The Morgan fingerprint density at radius 3 is 3.18 bits per heavy atom. The van der Waals surface area contributed by atoms with Crippen LogP contribution in [0.15, 0.2) is 18.5 Å². The summed E-state index contributed by atoms with van der Waals surface area (Å²) in [6.07, 6.45) is 5.45. The molecule has 1 N–H and O–H groups in total. The number of rotatable bonds is 3. The van der Waals surface area contributed by atoms with E-state index in [0.717, 1.165) is 6.42 Å². The largest absolute Gasteiger partial charge is 0.351 e. The van der Waals surface area contributed by atoms with E-state index < -0.39 is 0 Å². The molecule has 1 aliphatic heterocycles. The standard InChI is InChI=1S/C12H15ClN2OS/c1-12(4-2-6-17-12)8-15-11(16)9-3-5-14-7-10(9)13/h3,5,7H,2,4,6,8H2,1H3,(H,15,16). The predicted octanol–water partition coefficient (Wildman–Crippen LogP) is 2.75. The molecule has 1 aromatic heterocycles. The van der Waals surface area contributed by atoms with Crippen LogP contribution in [-0.2, 0) is 0 Å². The first-order valence-electron chi connectivity index (χ1n) is 5.62. The van der Waals surface area contributed by atoms with Crippen LogP contribution in [0.4, 0.5) is 0 Å². The third-order valence-electron chi connectivity index (χ3n) is 2.94. The number of hydrogen-bond acceptors (Lipinski definition) is 3. The minimum absolute atomic E-state index is 0.119. The number of halogens is 1. The van der Waals surface area contributed by atoms with Gasteiger partial charge in [-0.15, -0.1) is 0 Å². The lowest BCUT2D eigenvalue weighted by Crippen LogP contribution is -2.36. The van der Waals surface area contributed by atoms with Crippen molar-refractivity contribution in [1.82, 2.24) is 10.3 Å². The quantitative estimate of drug-likeness (QED) is 0.918. The summed E-state index contributed by atoms with van der Waals surface area (Å²) >= 11 is 7.85. The van der Waals surface area contributed by atoms with Crippen molar-refractivity contribution in [2.75, 3.05) is 12.3 Å². The molecule has 0 aromatic carbocycles. The van der Waals surface area contributed by atoms with Gasteiger partial charge in [-0.05, 0) is 31.6 Å². The van der Waals surface area contributed by atoms with Crippen LogP contribution in [0.3, 0.4) is 0 Å². The average Bonchev–Trinajstić information content (AvgIpc) is 2.74. The molecule has 3 nitrogen and oxygen atoms in total. The highest BCUT2D eigenvalue weighted by atomic mass is 35.5. The smallest absolute Gasteiger partial charge is 0.252 e. The molecule has 1 aromatic rings. The molecule has 1 fully saturated rings. The van der Waals surface area contributed by atoms with Gasteiger partial charge in [0.15, 0.2) is 0 Å². The van der Waals surface area contributed by atoms with Crippen molar-refractivity contribution in [1.29, 1.82) is 0 Å². The Morgan fingerprint density at radius 1 is 1.71 bits per heavy atom. The first kappa shape index (κ1) is 12.7. The van der Waals surface area contributed by atoms with Gasteiger partial charge < -0.3 is 5.32 Å². The van der Waals surface area contributed by atoms with Crippen LogP contribution in [0.1, 0.15) is 30.1 Å². The van der Waals surface area contributed by atoms with Crippen LogP contribution >= 0.6 is 23.4 Å². The number of aromatic nitrogens is 1. The van der Waals surface area contributed by atoms with Gasteiger partial charge in [-0.25, -0.2) is 0 Å². The highest BCUT2D eigenvalue weighted by Gasteiger charge is 2.29. The Labute approximate surface area is 110 Å². The van der Waals surface area contributed by atoms with Crippen molar-refractivity contribution < 1.29 is 4.79 Å². The minimum atomic E-state index is -0.119. The van der Waals surface area contributed by atoms with Crippen LogP contribution < -0.4 is 5.32 Å². The lowest BCUT2D eigenvalue weighted by Gasteiger charge is -2.22. The molecule has 0 aliphatic carbocycles. The molecule has 0 saturated carbocycles. The molecule has 1 amide bonds. The van der Waals surface area contributed by atoms with E-state index in [2.05, 4.69) is 17.2 Å². The van der Waals surface area contributed by atoms with E-state index in [-0.39, 0.29) is 10.7 Å². The van der Waals surface area contributed by atoms with Crippen molar-refractivity contribution in [3.05, 3.63) is 29.0 Å². The molecular weight excluding hydrogens is 256 g/mol. The summed E-state index contributed by atoms with van der Waals surface area (Å²) in [7, 11) is 0. The van der Waals surface area contributed by atoms with Gasteiger partial charge in [0.25, 0.3) is 5.91 Å². The topological polar surface area (TPSA) is 42.0 Å². The van der Waals surface area contributed by atoms with Gasteiger partial charge >= 0.3 is 0 Å². The van der Waals surface area contributed by atoms with Crippen molar-refractivity contribution >= 4 is 29.3 Å². The van der Waals surface area contributed by atoms with E-state index in [4.69, 9.17) is 11.6 Å².